The van der Waals surface area contributed by atoms with Crippen LogP contribution in [0.4, 0.5) is 0 Å². The van der Waals surface area contributed by atoms with Gasteiger partial charge >= 0.3 is 23.9 Å². The standard InChI is InChI=1S/C19H24O11S/c1-10(2)17(23)26-6-14(22)29-15-16-19(9-28-12(4)21)7-18(15,8-27-11(3)20)5-13(19)30-31(16,24)25/h13,15-16H,1,5-9H2,2-4H3. The van der Waals surface area contributed by atoms with Crippen LogP contribution < -0.4 is 0 Å². The highest BCUT2D eigenvalue weighted by atomic mass is 32.2. The maximum Gasteiger partial charge on any atom is 0.344 e. The van der Waals surface area contributed by atoms with E-state index in [2.05, 4.69) is 6.58 Å². The Balaban J connectivity index is 1.90. The largest absolute Gasteiger partial charge is 0.465 e. The second-order valence-corrected chi connectivity index (χ2v) is 9.99. The van der Waals surface area contributed by atoms with Crippen molar-refractivity contribution < 1.29 is 50.7 Å². The van der Waals surface area contributed by atoms with Crippen LogP contribution in [0.3, 0.4) is 0 Å². The number of esters is 4. The molecule has 12 heteroatoms. The van der Waals surface area contributed by atoms with Crippen molar-refractivity contribution in [3.8, 4) is 0 Å². The smallest absolute Gasteiger partial charge is 0.344 e. The van der Waals surface area contributed by atoms with Crippen molar-refractivity contribution in [2.75, 3.05) is 19.8 Å². The lowest BCUT2D eigenvalue weighted by molar-refractivity contribution is -0.170. The summed E-state index contributed by atoms with van der Waals surface area (Å²) in [5.41, 5.74) is -2.13. The van der Waals surface area contributed by atoms with E-state index >= 15 is 0 Å². The molecule has 0 amide bonds. The summed E-state index contributed by atoms with van der Waals surface area (Å²) in [6, 6.07) is 0. The molecule has 1 saturated heterocycles. The van der Waals surface area contributed by atoms with Gasteiger partial charge in [-0.25, -0.2) is 9.59 Å². The zero-order valence-corrected chi connectivity index (χ0v) is 18.2. The molecule has 1 heterocycles. The quantitative estimate of drug-likeness (QED) is 0.209. The van der Waals surface area contributed by atoms with Crippen LogP contribution in [0.1, 0.15) is 33.6 Å². The second-order valence-electron chi connectivity index (χ2n) is 8.30. The average Bonchev–Trinajstić information content (AvgIpc) is 3.15. The highest BCUT2D eigenvalue weighted by Crippen LogP contribution is 2.69. The average molecular weight is 460 g/mol. The molecule has 0 aromatic carbocycles. The molecule has 3 rings (SSSR count). The molecule has 2 aliphatic carbocycles. The highest BCUT2D eigenvalue weighted by molar-refractivity contribution is 7.87. The predicted molar refractivity (Wildman–Crippen MR) is 101 cm³/mol. The van der Waals surface area contributed by atoms with E-state index in [4.69, 9.17) is 23.1 Å². The Morgan fingerprint density at radius 2 is 1.65 bits per heavy atom. The number of ether oxygens (including phenoxy) is 4. The van der Waals surface area contributed by atoms with Crippen LogP contribution in [0.15, 0.2) is 12.2 Å². The maximum absolute atomic E-state index is 12.8. The summed E-state index contributed by atoms with van der Waals surface area (Å²) in [7, 11) is -4.18. The molecule has 0 aromatic heterocycles. The molecule has 0 aromatic rings. The fourth-order valence-corrected chi connectivity index (χ4v) is 7.07. The number of hydrogen-bond acceptors (Lipinski definition) is 11. The van der Waals surface area contributed by atoms with Crippen LogP contribution in [-0.2, 0) is 52.4 Å². The first kappa shape index (κ1) is 23.2. The van der Waals surface area contributed by atoms with Crippen LogP contribution in [-0.4, -0.2) is 69.6 Å². The number of fused-ring (bicyclic) bond motifs is 1. The minimum absolute atomic E-state index is 0.0778. The summed E-state index contributed by atoms with van der Waals surface area (Å²) in [4.78, 5) is 46.7. The zero-order valence-electron chi connectivity index (χ0n) is 17.4. The topological polar surface area (TPSA) is 149 Å². The van der Waals surface area contributed by atoms with Gasteiger partial charge in [-0.3, -0.25) is 13.8 Å². The van der Waals surface area contributed by atoms with Gasteiger partial charge in [-0.2, -0.15) is 8.42 Å². The van der Waals surface area contributed by atoms with Crippen molar-refractivity contribution in [3.63, 3.8) is 0 Å². The molecule has 5 unspecified atom stereocenters. The molecule has 0 spiro atoms. The van der Waals surface area contributed by atoms with Gasteiger partial charge in [-0.1, -0.05) is 6.58 Å². The lowest BCUT2D eigenvalue weighted by Crippen LogP contribution is -2.52. The van der Waals surface area contributed by atoms with Gasteiger partial charge in [0.2, 0.25) is 0 Å². The Hall–Kier alpha value is -2.47. The molecule has 11 nitrogen and oxygen atoms in total. The van der Waals surface area contributed by atoms with Gasteiger partial charge in [-0.05, 0) is 19.8 Å². The van der Waals surface area contributed by atoms with Crippen molar-refractivity contribution >= 4 is 34.0 Å². The molecule has 172 valence electrons. The van der Waals surface area contributed by atoms with Crippen LogP contribution in [0.5, 0.6) is 0 Å². The first-order valence-electron chi connectivity index (χ1n) is 9.54. The van der Waals surface area contributed by atoms with E-state index in [-0.39, 0.29) is 31.6 Å². The number of hydrogen-bond donors (Lipinski definition) is 0. The van der Waals surface area contributed by atoms with E-state index in [0.717, 1.165) is 0 Å². The molecule has 31 heavy (non-hydrogen) atoms. The van der Waals surface area contributed by atoms with Crippen LogP contribution >= 0.6 is 0 Å². The summed E-state index contributed by atoms with van der Waals surface area (Å²) in [5, 5.41) is -1.32. The van der Waals surface area contributed by atoms with E-state index in [1.165, 1.54) is 20.8 Å². The first-order chi connectivity index (χ1) is 14.3. The maximum atomic E-state index is 12.8. The lowest BCUT2D eigenvalue weighted by Gasteiger charge is -2.37. The van der Waals surface area contributed by atoms with Gasteiger partial charge in [0, 0.05) is 24.8 Å². The third kappa shape index (κ3) is 4.05. The Morgan fingerprint density at radius 3 is 2.23 bits per heavy atom. The molecule has 1 aliphatic heterocycles. The fourth-order valence-electron chi connectivity index (χ4n) is 4.84. The van der Waals surface area contributed by atoms with Crippen molar-refractivity contribution in [2.45, 2.75) is 51.1 Å². The predicted octanol–water partition coefficient (Wildman–Crippen LogP) is 0.0211. The molecule has 0 N–H and O–H groups in total. The van der Waals surface area contributed by atoms with E-state index in [0.29, 0.717) is 0 Å². The SMILES string of the molecule is C=C(C)C(=O)OCC(=O)OC1C2C3(COC(C)=O)CC1(COC(C)=O)CC3OS2(=O)=O. The fraction of sp³-hybridized carbons (Fsp3) is 0.684. The summed E-state index contributed by atoms with van der Waals surface area (Å²) >= 11 is 0. The number of carbonyl (C=O) groups is 4. The molecule has 3 aliphatic rings. The molecular weight excluding hydrogens is 436 g/mol. The van der Waals surface area contributed by atoms with E-state index in [9.17, 15) is 27.6 Å². The van der Waals surface area contributed by atoms with Gasteiger partial charge in [0.25, 0.3) is 10.1 Å². The zero-order chi connectivity index (χ0) is 23.2. The van der Waals surface area contributed by atoms with Crippen LogP contribution in [0.2, 0.25) is 0 Å². The molecule has 3 fully saturated rings. The van der Waals surface area contributed by atoms with Gasteiger partial charge in [0.05, 0.1) is 11.5 Å². The van der Waals surface area contributed by atoms with Crippen molar-refractivity contribution in [3.05, 3.63) is 12.2 Å². The molecule has 2 saturated carbocycles. The van der Waals surface area contributed by atoms with Crippen LogP contribution in [0.25, 0.3) is 0 Å². The minimum atomic E-state index is -4.18. The third-order valence-electron chi connectivity index (χ3n) is 5.96. The molecule has 0 radical (unpaired) electrons. The summed E-state index contributed by atoms with van der Waals surface area (Å²) in [6.07, 6.45) is -1.81. The van der Waals surface area contributed by atoms with Gasteiger partial charge in [-0.15, -0.1) is 0 Å². The highest BCUT2D eigenvalue weighted by Gasteiger charge is 2.80. The monoisotopic (exact) mass is 460 g/mol. The van der Waals surface area contributed by atoms with E-state index in [1.54, 1.807) is 0 Å². The Morgan fingerprint density at radius 1 is 1.03 bits per heavy atom. The number of carbonyl (C=O) groups excluding carboxylic acids is 4. The summed E-state index contributed by atoms with van der Waals surface area (Å²) in [5.74, 6) is -2.97. The van der Waals surface area contributed by atoms with E-state index in [1.807, 2.05) is 0 Å². The van der Waals surface area contributed by atoms with Gasteiger partial charge in [0.15, 0.2) is 6.61 Å². The Labute approximate surface area is 179 Å². The minimum Gasteiger partial charge on any atom is -0.465 e. The number of rotatable bonds is 8. The van der Waals surface area contributed by atoms with Crippen LogP contribution in [0, 0.1) is 10.8 Å². The first-order valence-corrected chi connectivity index (χ1v) is 11.0. The van der Waals surface area contributed by atoms with Gasteiger partial charge in [0.1, 0.15) is 24.6 Å². The molecule has 2 bridgehead atoms. The summed E-state index contributed by atoms with van der Waals surface area (Å²) < 4.78 is 51.4. The Kier molecular flexibility index (Phi) is 5.91. The lowest BCUT2D eigenvalue weighted by atomic mass is 9.78. The molecule has 5 atom stereocenters. The van der Waals surface area contributed by atoms with Crippen molar-refractivity contribution in [2.24, 2.45) is 10.8 Å². The third-order valence-corrected chi connectivity index (χ3v) is 7.79. The normalized spacial score (nSPS) is 34.1. The summed E-state index contributed by atoms with van der Waals surface area (Å²) in [6.45, 7) is 5.98. The Bertz CT molecular complexity index is 939. The van der Waals surface area contributed by atoms with E-state index < -0.39 is 68.9 Å². The molecular formula is C19H24O11S. The second kappa shape index (κ2) is 7.90. The van der Waals surface area contributed by atoms with Crippen molar-refractivity contribution in [1.82, 2.24) is 0 Å². The van der Waals surface area contributed by atoms with Gasteiger partial charge < -0.3 is 18.9 Å². The van der Waals surface area contributed by atoms with Crippen molar-refractivity contribution in [1.29, 1.82) is 0 Å².